The smallest absolute Gasteiger partial charge is 0.254 e. The molecular weight excluding hydrogens is 265 g/mol. The Morgan fingerprint density at radius 1 is 1.50 bits per heavy atom. The number of carbonyl (C=O) groups is 2. The molecule has 1 fully saturated rings. The van der Waals surface area contributed by atoms with Crippen LogP contribution in [0, 0.1) is 5.82 Å². The number of carbonyl (C=O) groups excluding carboxylic acids is 2. The van der Waals surface area contributed by atoms with Gasteiger partial charge in [-0.1, -0.05) is 0 Å². The van der Waals surface area contributed by atoms with E-state index in [1.165, 1.54) is 24.1 Å². The molecule has 0 aliphatic carbocycles. The molecule has 108 valence electrons. The SMILES string of the molecule is CNC(=O)C1COCCN1C(=O)c1ccc(N)c(F)c1. The fourth-order valence-corrected chi connectivity index (χ4v) is 2.06. The van der Waals surface area contributed by atoms with E-state index in [1.54, 1.807) is 0 Å². The number of hydrogen-bond donors (Lipinski definition) is 2. The first-order valence-corrected chi connectivity index (χ1v) is 6.20. The van der Waals surface area contributed by atoms with Gasteiger partial charge in [-0.3, -0.25) is 9.59 Å². The van der Waals surface area contributed by atoms with Crippen LogP contribution in [0.25, 0.3) is 0 Å². The molecule has 0 aromatic heterocycles. The maximum Gasteiger partial charge on any atom is 0.254 e. The molecule has 1 atom stereocenters. The highest BCUT2D eigenvalue weighted by Crippen LogP contribution is 2.17. The summed E-state index contributed by atoms with van der Waals surface area (Å²) >= 11 is 0. The Morgan fingerprint density at radius 3 is 2.90 bits per heavy atom. The molecular formula is C13H16FN3O3. The lowest BCUT2D eigenvalue weighted by Gasteiger charge is -2.34. The van der Waals surface area contributed by atoms with Crippen molar-refractivity contribution in [1.29, 1.82) is 0 Å². The second-order valence-corrected chi connectivity index (χ2v) is 4.44. The summed E-state index contributed by atoms with van der Waals surface area (Å²) in [4.78, 5) is 25.5. The average molecular weight is 281 g/mol. The predicted molar refractivity (Wildman–Crippen MR) is 70.5 cm³/mol. The van der Waals surface area contributed by atoms with Crippen LogP contribution in [-0.4, -0.2) is 49.6 Å². The molecule has 3 N–H and O–H groups in total. The van der Waals surface area contributed by atoms with Gasteiger partial charge in [0.1, 0.15) is 11.9 Å². The summed E-state index contributed by atoms with van der Waals surface area (Å²) in [5.41, 5.74) is 5.52. The van der Waals surface area contributed by atoms with E-state index < -0.39 is 17.8 Å². The lowest BCUT2D eigenvalue weighted by molar-refractivity contribution is -0.130. The van der Waals surface area contributed by atoms with Gasteiger partial charge in [0.25, 0.3) is 5.91 Å². The van der Waals surface area contributed by atoms with Gasteiger partial charge in [0.15, 0.2) is 0 Å². The van der Waals surface area contributed by atoms with Crippen molar-refractivity contribution in [2.24, 2.45) is 0 Å². The Morgan fingerprint density at radius 2 is 2.25 bits per heavy atom. The van der Waals surface area contributed by atoms with E-state index in [0.717, 1.165) is 6.07 Å². The van der Waals surface area contributed by atoms with Crippen molar-refractivity contribution in [2.75, 3.05) is 32.5 Å². The minimum absolute atomic E-state index is 0.0219. The van der Waals surface area contributed by atoms with Crippen LogP contribution in [0.3, 0.4) is 0 Å². The molecule has 0 radical (unpaired) electrons. The molecule has 1 aliphatic rings. The average Bonchev–Trinajstić information content (AvgIpc) is 2.48. The van der Waals surface area contributed by atoms with E-state index in [4.69, 9.17) is 10.5 Å². The largest absolute Gasteiger partial charge is 0.396 e. The molecule has 7 heteroatoms. The second kappa shape index (κ2) is 5.87. The van der Waals surface area contributed by atoms with Gasteiger partial charge in [-0.05, 0) is 18.2 Å². The molecule has 6 nitrogen and oxygen atoms in total. The summed E-state index contributed by atoms with van der Waals surface area (Å²) in [7, 11) is 1.49. The lowest BCUT2D eigenvalue weighted by atomic mass is 10.1. The number of anilines is 1. The maximum atomic E-state index is 13.4. The summed E-state index contributed by atoms with van der Waals surface area (Å²) < 4.78 is 18.6. The highest BCUT2D eigenvalue weighted by Gasteiger charge is 2.32. The third-order valence-electron chi connectivity index (χ3n) is 3.19. The minimum atomic E-state index is -0.707. The van der Waals surface area contributed by atoms with Gasteiger partial charge in [-0.15, -0.1) is 0 Å². The second-order valence-electron chi connectivity index (χ2n) is 4.44. The topological polar surface area (TPSA) is 84.7 Å². The molecule has 2 amide bonds. The van der Waals surface area contributed by atoms with Gasteiger partial charge in [0, 0.05) is 19.2 Å². The number of amides is 2. The van der Waals surface area contributed by atoms with E-state index in [-0.39, 0.29) is 30.3 Å². The number of nitrogens with zero attached hydrogens (tertiary/aromatic N) is 1. The van der Waals surface area contributed by atoms with Gasteiger partial charge in [-0.25, -0.2) is 4.39 Å². The van der Waals surface area contributed by atoms with Crippen molar-refractivity contribution in [3.63, 3.8) is 0 Å². The molecule has 0 bridgehead atoms. The van der Waals surface area contributed by atoms with Crippen molar-refractivity contribution in [1.82, 2.24) is 10.2 Å². The van der Waals surface area contributed by atoms with E-state index >= 15 is 0 Å². The Labute approximate surface area is 115 Å². The number of benzene rings is 1. The molecule has 1 heterocycles. The number of halogens is 1. The number of nitrogens with two attached hydrogens (primary N) is 1. The van der Waals surface area contributed by atoms with Crippen molar-refractivity contribution >= 4 is 17.5 Å². The first-order chi connectivity index (χ1) is 9.54. The zero-order chi connectivity index (χ0) is 14.7. The minimum Gasteiger partial charge on any atom is -0.396 e. The fourth-order valence-electron chi connectivity index (χ4n) is 2.06. The van der Waals surface area contributed by atoms with E-state index in [0.29, 0.717) is 6.61 Å². The standard InChI is InChI=1S/C13H16FN3O3/c1-16-12(18)11-7-20-5-4-17(11)13(19)8-2-3-10(15)9(14)6-8/h2-3,6,11H,4-5,7,15H2,1H3,(H,16,18). The molecule has 1 aromatic carbocycles. The van der Waals surface area contributed by atoms with E-state index in [9.17, 15) is 14.0 Å². The number of morpholine rings is 1. The predicted octanol–water partition coefficient (Wildman–Crippen LogP) is -0.00510. The Bertz CT molecular complexity index is 536. The Kier molecular flexibility index (Phi) is 4.19. The van der Waals surface area contributed by atoms with Crippen LogP contribution in [0.5, 0.6) is 0 Å². The van der Waals surface area contributed by atoms with Gasteiger partial charge in [0.05, 0.1) is 18.9 Å². The summed E-state index contributed by atoms with van der Waals surface area (Å²) in [6.07, 6.45) is 0. The third-order valence-corrected chi connectivity index (χ3v) is 3.19. The number of ether oxygens (including phenoxy) is 1. The van der Waals surface area contributed by atoms with Crippen LogP contribution in [0.15, 0.2) is 18.2 Å². The van der Waals surface area contributed by atoms with Crippen LogP contribution in [0.2, 0.25) is 0 Å². The first-order valence-electron chi connectivity index (χ1n) is 6.20. The zero-order valence-corrected chi connectivity index (χ0v) is 11.1. The summed E-state index contributed by atoms with van der Waals surface area (Å²) in [5.74, 6) is -1.38. The summed E-state index contributed by atoms with van der Waals surface area (Å²) in [5, 5.41) is 2.48. The van der Waals surface area contributed by atoms with E-state index in [1.807, 2.05) is 0 Å². The molecule has 0 spiro atoms. The lowest BCUT2D eigenvalue weighted by Crippen LogP contribution is -2.55. The number of nitrogens with one attached hydrogen (secondary N) is 1. The molecule has 0 saturated carbocycles. The number of likely N-dealkylation sites (N-methyl/N-ethyl adjacent to an activating group) is 1. The number of nitrogen functional groups attached to an aromatic ring is 1. The molecule has 1 saturated heterocycles. The number of hydrogen-bond acceptors (Lipinski definition) is 4. The zero-order valence-electron chi connectivity index (χ0n) is 11.1. The van der Waals surface area contributed by atoms with Crippen LogP contribution in [0.1, 0.15) is 10.4 Å². The van der Waals surface area contributed by atoms with Crippen molar-refractivity contribution < 1.29 is 18.7 Å². The monoisotopic (exact) mass is 281 g/mol. The van der Waals surface area contributed by atoms with Crippen molar-refractivity contribution in [3.05, 3.63) is 29.6 Å². The molecule has 20 heavy (non-hydrogen) atoms. The molecule has 1 unspecified atom stereocenters. The normalized spacial score (nSPS) is 18.7. The van der Waals surface area contributed by atoms with Crippen LogP contribution < -0.4 is 11.1 Å². The van der Waals surface area contributed by atoms with Crippen LogP contribution in [-0.2, 0) is 9.53 Å². The maximum absolute atomic E-state index is 13.4. The highest BCUT2D eigenvalue weighted by atomic mass is 19.1. The highest BCUT2D eigenvalue weighted by molar-refractivity contribution is 5.98. The van der Waals surface area contributed by atoms with Crippen molar-refractivity contribution in [3.8, 4) is 0 Å². The van der Waals surface area contributed by atoms with Crippen LogP contribution in [0.4, 0.5) is 10.1 Å². The fraction of sp³-hybridized carbons (Fsp3) is 0.385. The molecule has 1 aromatic rings. The summed E-state index contributed by atoms with van der Waals surface area (Å²) in [6.45, 7) is 0.752. The van der Waals surface area contributed by atoms with Crippen molar-refractivity contribution in [2.45, 2.75) is 6.04 Å². The van der Waals surface area contributed by atoms with Gasteiger partial charge in [-0.2, -0.15) is 0 Å². The van der Waals surface area contributed by atoms with Gasteiger partial charge in [0.2, 0.25) is 5.91 Å². The van der Waals surface area contributed by atoms with Gasteiger partial charge >= 0.3 is 0 Å². The Hall–Kier alpha value is -2.15. The van der Waals surface area contributed by atoms with Gasteiger partial charge < -0.3 is 20.7 Å². The van der Waals surface area contributed by atoms with E-state index in [2.05, 4.69) is 5.32 Å². The quantitative estimate of drug-likeness (QED) is 0.747. The number of rotatable bonds is 2. The summed E-state index contributed by atoms with van der Waals surface area (Å²) in [6, 6.07) is 3.14. The Balaban J connectivity index is 2.25. The third kappa shape index (κ3) is 2.72. The molecule has 1 aliphatic heterocycles. The van der Waals surface area contributed by atoms with Crippen LogP contribution >= 0.6 is 0 Å². The first kappa shape index (κ1) is 14.3. The molecule has 2 rings (SSSR count).